The number of hydrogen-bond donors (Lipinski definition) is 0. The minimum Gasteiger partial charge on any atom is -0.434 e. The molecule has 0 bridgehead atoms. The van der Waals surface area contributed by atoms with Crippen molar-refractivity contribution in [1.82, 2.24) is 0 Å². The minimum absolute atomic E-state index is 1.57. The maximum atomic E-state index is 6.15. The van der Waals surface area contributed by atoms with Crippen LogP contribution in [-0.2, 0) is 8.23 Å². The zero-order valence-corrected chi connectivity index (χ0v) is 13.9. The van der Waals surface area contributed by atoms with Crippen LogP contribution >= 0.6 is 0 Å². The van der Waals surface area contributed by atoms with Gasteiger partial charge in [-0.1, -0.05) is 11.4 Å². The van der Waals surface area contributed by atoms with Crippen LogP contribution in [0.1, 0.15) is 0 Å². The lowest BCUT2D eigenvalue weighted by atomic mass is 11.3. The first-order chi connectivity index (χ1) is 6.54. The van der Waals surface area contributed by atoms with E-state index in [9.17, 15) is 0 Å². The first kappa shape index (κ1) is 15.1. The summed E-state index contributed by atoms with van der Waals surface area (Å²) in [5.74, 6) is 0. The number of hydrogen-bond acceptors (Lipinski definition) is 2. The van der Waals surface area contributed by atoms with Crippen LogP contribution in [0.15, 0.2) is 24.6 Å². The van der Waals surface area contributed by atoms with E-state index in [4.69, 9.17) is 8.23 Å². The van der Waals surface area contributed by atoms with Gasteiger partial charge in [0.15, 0.2) is 16.6 Å². The monoisotopic (exact) mass is 260 g/mol. The highest BCUT2D eigenvalue weighted by Crippen LogP contribution is 2.21. The molecule has 0 saturated heterocycles. The molecule has 0 N–H and O–H groups in total. The summed E-state index contributed by atoms with van der Waals surface area (Å²) in [5.41, 5.74) is 3.82. The second kappa shape index (κ2) is 4.92. The largest absolute Gasteiger partial charge is 0.434 e. The fraction of sp³-hybridized carbons (Fsp3) is 0.600. The first-order valence-corrected chi connectivity index (χ1v) is 14.0. The summed E-state index contributed by atoms with van der Waals surface area (Å²) in [6.45, 7) is 20.5. The third kappa shape index (κ3) is 6.26. The van der Waals surface area contributed by atoms with E-state index < -0.39 is 25.2 Å². The Morgan fingerprint density at radius 2 is 1.27 bits per heavy atom. The van der Waals surface area contributed by atoms with Crippen LogP contribution < -0.4 is 0 Å². The molecule has 0 radical (unpaired) electrons. The van der Waals surface area contributed by atoms with E-state index >= 15 is 0 Å². The predicted octanol–water partition coefficient (Wildman–Crippen LogP) is 3.58. The van der Waals surface area contributed by atoms with Gasteiger partial charge in [0.2, 0.25) is 0 Å². The van der Waals surface area contributed by atoms with E-state index in [-0.39, 0.29) is 0 Å². The summed E-state index contributed by atoms with van der Waals surface area (Å²) < 4.78 is 12.3. The maximum Gasteiger partial charge on any atom is 0.340 e. The molecule has 0 amide bonds. The minimum atomic E-state index is -2.20. The Balaban J connectivity index is 4.73. The lowest BCUT2D eigenvalue weighted by Crippen LogP contribution is -2.51. The zero-order chi connectivity index (χ0) is 12.3. The van der Waals surface area contributed by atoms with E-state index in [1.807, 2.05) is 11.4 Å². The van der Waals surface area contributed by atoms with Crippen molar-refractivity contribution < 1.29 is 8.23 Å². The van der Waals surface area contributed by atoms with E-state index in [2.05, 4.69) is 52.4 Å². The Labute approximate surface area is 97.5 Å². The third-order valence-corrected chi connectivity index (χ3v) is 11.4. The van der Waals surface area contributed by atoms with Gasteiger partial charge in [0, 0.05) is 0 Å². The van der Waals surface area contributed by atoms with Crippen molar-refractivity contribution in [3.63, 3.8) is 0 Å². The summed E-state index contributed by atoms with van der Waals surface area (Å²) in [6.07, 6.45) is 0. The zero-order valence-electron chi connectivity index (χ0n) is 10.9. The van der Waals surface area contributed by atoms with Gasteiger partial charge in [-0.05, 0) is 39.3 Å². The van der Waals surface area contributed by atoms with Crippen LogP contribution in [0.4, 0.5) is 0 Å². The smallest absolute Gasteiger partial charge is 0.340 e. The van der Waals surface area contributed by atoms with Gasteiger partial charge in [-0.3, -0.25) is 0 Å². The normalized spacial score (nSPS) is 16.9. The lowest BCUT2D eigenvalue weighted by molar-refractivity contribution is 0.405. The van der Waals surface area contributed by atoms with Crippen molar-refractivity contribution in [2.24, 2.45) is 0 Å². The van der Waals surface area contributed by atoms with Gasteiger partial charge in [-0.2, -0.15) is 0 Å². The molecule has 0 heterocycles. The fourth-order valence-corrected chi connectivity index (χ4v) is 11.9. The molecule has 0 aliphatic carbocycles. The van der Waals surface area contributed by atoms with E-state index in [1.54, 1.807) is 0 Å². The Morgan fingerprint density at radius 1 is 0.800 bits per heavy atom. The highest BCUT2D eigenvalue weighted by molar-refractivity contribution is 6.91. The molecule has 0 rings (SSSR count). The molecule has 0 spiro atoms. The first-order valence-electron chi connectivity index (χ1n) is 5.21. The summed E-state index contributed by atoms with van der Waals surface area (Å²) in [5, 5.41) is 0. The molecule has 1 unspecified atom stereocenters. The molecule has 2 nitrogen and oxygen atoms in total. The lowest BCUT2D eigenvalue weighted by Gasteiger charge is -2.36. The molecule has 1 atom stereocenters. The molecular formula is C10H24O2Si3. The molecule has 0 aromatic rings. The molecular weight excluding hydrogens is 236 g/mol. The summed E-state index contributed by atoms with van der Waals surface area (Å²) in [6, 6.07) is 0. The van der Waals surface area contributed by atoms with Crippen molar-refractivity contribution in [2.45, 2.75) is 39.3 Å². The molecule has 15 heavy (non-hydrogen) atoms. The van der Waals surface area contributed by atoms with Gasteiger partial charge in [0.05, 0.1) is 0 Å². The van der Waals surface area contributed by atoms with Crippen LogP contribution in [0.3, 0.4) is 0 Å². The van der Waals surface area contributed by atoms with Crippen molar-refractivity contribution in [3.8, 4) is 0 Å². The Morgan fingerprint density at radius 3 is 1.53 bits per heavy atom. The van der Waals surface area contributed by atoms with Crippen molar-refractivity contribution in [1.29, 1.82) is 0 Å². The van der Waals surface area contributed by atoms with Crippen molar-refractivity contribution in [3.05, 3.63) is 24.6 Å². The van der Waals surface area contributed by atoms with Gasteiger partial charge in [-0.25, -0.2) is 0 Å². The quantitative estimate of drug-likeness (QED) is 0.680. The van der Waals surface area contributed by atoms with Gasteiger partial charge in [0.1, 0.15) is 0 Å². The predicted molar refractivity (Wildman–Crippen MR) is 75.0 cm³/mol. The molecule has 5 heteroatoms. The molecule has 0 fully saturated rings. The molecule has 0 aliphatic heterocycles. The van der Waals surface area contributed by atoms with Crippen molar-refractivity contribution >= 4 is 25.2 Å². The van der Waals surface area contributed by atoms with E-state index in [0.29, 0.717) is 0 Å². The van der Waals surface area contributed by atoms with Gasteiger partial charge in [0.25, 0.3) is 0 Å². The average Bonchev–Trinajstić information content (AvgIpc) is 2.00. The van der Waals surface area contributed by atoms with Crippen molar-refractivity contribution in [2.75, 3.05) is 0 Å². The standard InChI is InChI=1S/C10H24O2Si3/c1-9-14(6,7)12-15(8,10-2)11-13(3,4)5/h9-10H,1-2H2,3-8H3. The van der Waals surface area contributed by atoms with Crippen LogP contribution in [0.5, 0.6) is 0 Å². The molecule has 0 aromatic carbocycles. The Kier molecular flexibility index (Phi) is 4.94. The fourth-order valence-electron chi connectivity index (χ4n) is 1.28. The maximum absolute atomic E-state index is 6.15. The summed E-state index contributed by atoms with van der Waals surface area (Å²) >= 11 is 0. The topological polar surface area (TPSA) is 18.5 Å². The molecule has 0 saturated carbocycles. The van der Waals surface area contributed by atoms with Gasteiger partial charge < -0.3 is 8.23 Å². The van der Waals surface area contributed by atoms with Crippen LogP contribution in [0.25, 0.3) is 0 Å². The second-order valence-electron chi connectivity index (χ2n) is 5.34. The van der Waals surface area contributed by atoms with Crippen LogP contribution in [0, 0.1) is 0 Å². The molecule has 88 valence electrons. The molecule has 0 aliphatic rings. The second-order valence-corrected chi connectivity index (χ2v) is 17.3. The molecule has 0 aromatic heterocycles. The van der Waals surface area contributed by atoms with Crippen LogP contribution in [-0.4, -0.2) is 25.2 Å². The Hall–Kier alpha value is 0.0506. The number of rotatable bonds is 6. The van der Waals surface area contributed by atoms with E-state index in [0.717, 1.165) is 0 Å². The summed E-state index contributed by atoms with van der Waals surface area (Å²) in [7, 11) is -5.55. The summed E-state index contributed by atoms with van der Waals surface area (Å²) in [4.78, 5) is 0. The SMILES string of the molecule is C=C[Si](C)(C)O[Si](C)(C=C)O[Si](C)(C)C. The Bertz CT molecular complexity index is 246. The average molecular weight is 261 g/mol. The van der Waals surface area contributed by atoms with Gasteiger partial charge in [-0.15, -0.1) is 13.2 Å². The van der Waals surface area contributed by atoms with Crippen LogP contribution in [0.2, 0.25) is 39.3 Å². The van der Waals surface area contributed by atoms with E-state index in [1.165, 1.54) is 0 Å². The highest BCUT2D eigenvalue weighted by Gasteiger charge is 2.38. The third-order valence-electron chi connectivity index (χ3n) is 1.84. The van der Waals surface area contributed by atoms with Gasteiger partial charge >= 0.3 is 8.56 Å². The highest BCUT2D eigenvalue weighted by atomic mass is 28.5.